The van der Waals surface area contributed by atoms with Crippen molar-refractivity contribution in [2.24, 2.45) is 5.16 Å². The highest BCUT2D eigenvalue weighted by molar-refractivity contribution is 5.84. The molecule has 0 atom stereocenters. The Morgan fingerprint density at radius 3 is 2.46 bits per heavy atom. The summed E-state index contributed by atoms with van der Waals surface area (Å²) < 4.78 is 0. The second-order valence-electron chi connectivity index (χ2n) is 3.39. The summed E-state index contributed by atoms with van der Waals surface area (Å²) in [5.74, 6) is -0.239. The highest BCUT2D eigenvalue weighted by Crippen LogP contribution is 2.14. The van der Waals surface area contributed by atoms with Crippen molar-refractivity contribution in [1.29, 1.82) is 0 Å². The van der Waals surface area contributed by atoms with Gasteiger partial charge in [-0.3, -0.25) is 0 Å². The third-order valence-corrected chi connectivity index (χ3v) is 2.25. The van der Waals surface area contributed by atoms with Gasteiger partial charge in [-0.15, -0.1) is 0 Å². The third-order valence-electron chi connectivity index (χ3n) is 2.25. The first-order valence-electron chi connectivity index (χ1n) is 5.08. The Labute approximate surface area is 79.1 Å². The van der Waals surface area contributed by atoms with Crippen molar-refractivity contribution in [3.63, 3.8) is 0 Å². The van der Waals surface area contributed by atoms with Crippen molar-refractivity contribution in [3.8, 4) is 0 Å². The molecule has 0 bridgehead atoms. The van der Waals surface area contributed by atoms with Gasteiger partial charge in [0.2, 0.25) is 0 Å². The summed E-state index contributed by atoms with van der Waals surface area (Å²) in [6.45, 7) is 1.77. The van der Waals surface area contributed by atoms with Crippen molar-refractivity contribution in [2.75, 3.05) is 0 Å². The Morgan fingerprint density at radius 1 is 1.31 bits per heavy atom. The molecule has 0 aromatic rings. The van der Waals surface area contributed by atoms with Crippen LogP contribution >= 0.6 is 0 Å². The number of rotatable bonds is 2. The van der Waals surface area contributed by atoms with Crippen LogP contribution in [0.3, 0.4) is 0 Å². The van der Waals surface area contributed by atoms with Crippen LogP contribution in [0.15, 0.2) is 5.16 Å². The molecule has 0 heterocycles. The molecule has 1 aliphatic carbocycles. The number of carbonyl (C=O) groups is 1. The zero-order chi connectivity index (χ0) is 9.52. The maximum Gasteiger partial charge on any atom is 0.334 e. The third kappa shape index (κ3) is 4.06. The molecule has 1 aliphatic rings. The Hall–Kier alpha value is -0.860. The average molecular weight is 183 g/mol. The van der Waals surface area contributed by atoms with E-state index < -0.39 is 0 Å². The second kappa shape index (κ2) is 5.73. The highest BCUT2D eigenvalue weighted by Gasteiger charge is 2.06. The molecule has 0 aromatic heterocycles. The fraction of sp³-hybridized carbons (Fsp3) is 0.800. The van der Waals surface area contributed by atoms with Gasteiger partial charge in [0.05, 0.1) is 5.71 Å². The minimum Gasteiger partial charge on any atom is -0.318 e. The lowest BCUT2D eigenvalue weighted by molar-refractivity contribution is -0.143. The van der Waals surface area contributed by atoms with E-state index in [0.717, 1.165) is 18.6 Å². The Kier molecular flexibility index (Phi) is 4.50. The minimum absolute atomic E-state index is 0.239. The first-order chi connectivity index (χ1) is 6.33. The number of hydrogen-bond donors (Lipinski definition) is 0. The molecule has 1 rings (SSSR count). The molecule has 0 spiro atoms. The van der Waals surface area contributed by atoms with Crippen LogP contribution in [-0.2, 0) is 9.63 Å². The molecular formula is C10H17NO2. The SMILES string of the molecule is CCC(=O)ON=C1CCCCCC1. The first-order valence-corrected chi connectivity index (χ1v) is 5.08. The second-order valence-corrected chi connectivity index (χ2v) is 3.39. The molecule has 0 saturated heterocycles. The van der Waals surface area contributed by atoms with E-state index in [9.17, 15) is 4.79 Å². The molecular weight excluding hydrogens is 166 g/mol. The summed E-state index contributed by atoms with van der Waals surface area (Å²) in [6, 6.07) is 0. The van der Waals surface area contributed by atoms with Gasteiger partial charge >= 0.3 is 5.97 Å². The monoisotopic (exact) mass is 183 g/mol. The lowest BCUT2D eigenvalue weighted by Crippen LogP contribution is -2.02. The van der Waals surface area contributed by atoms with E-state index in [1.165, 1.54) is 25.7 Å². The van der Waals surface area contributed by atoms with E-state index in [-0.39, 0.29) is 5.97 Å². The highest BCUT2D eigenvalue weighted by atomic mass is 16.7. The standard InChI is InChI=1S/C10H17NO2/c1-2-10(12)13-11-9-7-5-3-4-6-8-9/h2-8H2,1H3. The van der Waals surface area contributed by atoms with E-state index in [4.69, 9.17) is 4.84 Å². The zero-order valence-corrected chi connectivity index (χ0v) is 8.21. The normalized spacial score (nSPS) is 17.8. The van der Waals surface area contributed by atoms with Gasteiger partial charge in [-0.05, 0) is 25.7 Å². The van der Waals surface area contributed by atoms with Gasteiger partial charge in [0.25, 0.3) is 0 Å². The molecule has 1 saturated carbocycles. The van der Waals surface area contributed by atoms with E-state index in [1.54, 1.807) is 6.92 Å². The molecule has 3 heteroatoms. The summed E-state index contributed by atoms with van der Waals surface area (Å²) in [6.07, 6.45) is 7.32. The van der Waals surface area contributed by atoms with Crippen molar-refractivity contribution < 1.29 is 9.63 Å². The van der Waals surface area contributed by atoms with E-state index in [1.807, 2.05) is 0 Å². The van der Waals surface area contributed by atoms with E-state index >= 15 is 0 Å². The maximum atomic E-state index is 10.8. The van der Waals surface area contributed by atoms with Crippen LogP contribution in [0.2, 0.25) is 0 Å². The molecule has 3 nitrogen and oxygen atoms in total. The van der Waals surface area contributed by atoms with Crippen molar-refractivity contribution in [1.82, 2.24) is 0 Å². The molecule has 1 fully saturated rings. The molecule has 13 heavy (non-hydrogen) atoms. The Balaban J connectivity index is 2.34. The van der Waals surface area contributed by atoms with Crippen molar-refractivity contribution >= 4 is 11.7 Å². The number of carbonyl (C=O) groups excluding carboxylic acids is 1. The van der Waals surface area contributed by atoms with Gasteiger partial charge in [-0.25, -0.2) is 4.79 Å². The number of oxime groups is 1. The number of nitrogens with zero attached hydrogens (tertiary/aromatic N) is 1. The molecule has 0 aromatic carbocycles. The van der Waals surface area contributed by atoms with Gasteiger partial charge in [0.15, 0.2) is 0 Å². The maximum absolute atomic E-state index is 10.8. The van der Waals surface area contributed by atoms with Gasteiger partial charge in [0.1, 0.15) is 0 Å². The smallest absolute Gasteiger partial charge is 0.318 e. The summed E-state index contributed by atoms with van der Waals surface area (Å²) in [7, 11) is 0. The van der Waals surface area contributed by atoms with Gasteiger partial charge in [0, 0.05) is 6.42 Å². The van der Waals surface area contributed by atoms with Gasteiger partial charge < -0.3 is 4.84 Å². The predicted molar refractivity (Wildman–Crippen MR) is 51.5 cm³/mol. The largest absolute Gasteiger partial charge is 0.334 e. The van der Waals surface area contributed by atoms with Crippen LogP contribution in [0.25, 0.3) is 0 Å². The van der Waals surface area contributed by atoms with Crippen molar-refractivity contribution in [3.05, 3.63) is 0 Å². The zero-order valence-electron chi connectivity index (χ0n) is 8.21. The molecule has 0 radical (unpaired) electrons. The molecule has 0 N–H and O–H groups in total. The molecule has 74 valence electrons. The molecule has 0 amide bonds. The summed E-state index contributed by atoms with van der Waals surface area (Å²) in [4.78, 5) is 15.5. The van der Waals surface area contributed by atoms with E-state index in [0.29, 0.717) is 6.42 Å². The topological polar surface area (TPSA) is 38.7 Å². The Bertz CT molecular complexity index is 189. The predicted octanol–water partition coefficient (Wildman–Crippen LogP) is 2.65. The average Bonchev–Trinajstić information content (AvgIpc) is 2.42. The van der Waals surface area contributed by atoms with Crippen LogP contribution in [0.4, 0.5) is 0 Å². The summed E-state index contributed by atoms with van der Waals surface area (Å²) >= 11 is 0. The lowest BCUT2D eigenvalue weighted by Gasteiger charge is -1.99. The van der Waals surface area contributed by atoms with Gasteiger partial charge in [-0.1, -0.05) is 24.9 Å². The summed E-state index contributed by atoms with van der Waals surface area (Å²) in [5, 5.41) is 3.88. The minimum atomic E-state index is -0.239. The molecule has 0 unspecified atom stereocenters. The van der Waals surface area contributed by atoms with Crippen LogP contribution in [0.1, 0.15) is 51.9 Å². The quantitative estimate of drug-likeness (QED) is 0.375. The van der Waals surface area contributed by atoms with Gasteiger partial charge in [-0.2, -0.15) is 0 Å². The van der Waals surface area contributed by atoms with Crippen LogP contribution in [0.5, 0.6) is 0 Å². The van der Waals surface area contributed by atoms with Crippen LogP contribution < -0.4 is 0 Å². The Morgan fingerprint density at radius 2 is 1.92 bits per heavy atom. The molecule has 0 aliphatic heterocycles. The number of hydrogen-bond acceptors (Lipinski definition) is 3. The van der Waals surface area contributed by atoms with Crippen LogP contribution in [-0.4, -0.2) is 11.7 Å². The lowest BCUT2D eigenvalue weighted by atomic mass is 10.2. The van der Waals surface area contributed by atoms with E-state index in [2.05, 4.69) is 5.16 Å². The first kappa shape index (κ1) is 10.2. The van der Waals surface area contributed by atoms with Crippen molar-refractivity contribution in [2.45, 2.75) is 51.9 Å². The fourth-order valence-corrected chi connectivity index (χ4v) is 1.41. The summed E-state index contributed by atoms with van der Waals surface area (Å²) in [5.41, 5.74) is 1.05. The fourth-order valence-electron chi connectivity index (χ4n) is 1.41. The van der Waals surface area contributed by atoms with Crippen LogP contribution in [0, 0.1) is 0 Å².